The minimum atomic E-state index is -0.703. The molecule has 10 nitrogen and oxygen atoms in total. The van der Waals surface area contributed by atoms with Crippen LogP contribution in [0.25, 0.3) is 5.69 Å². The van der Waals surface area contributed by atoms with Crippen LogP contribution in [0, 0.1) is 5.82 Å². The molecule has 3 aromatic rings. The molecule has 0 radical (unpaired) electrons. The number of nitrogens with two attached hydrogens (primary N) is 1. The fourth-order valence-corrected chi connectivity index (χ4v) is 4.89. The third-order valence-electron chi connectivity index (χ3n) is 5.59. The van der Waals surface area contributed by atoms with E-state index in [2.05, 4.69) is 10.6 Å². The molecule has 0 saturated carbocycles. The summed E-state index contributed by atoms with van der Waals surface area (Å²) in [4.78, 5) is 50.5. The molecule has 194 valence electrons. The summed E-state index contributed by atoms with van der Waals surface area (Å²) >= 11 is 7.03. The maximum Gasteiger partial charge on any atom is 0.261 e. The Hall–Kier alpha value is -3.58. The van der Waals surface area contributed by atoms with Crippen LogP contribution in [0.3, 0.4) is 0 Å². The first-order valence-electron chi connectivity index (χ1n) is 11.2. The molecule has 0 spiro atoms. The van der Waals surface area contributed by atoms with Crippen molar-refractivity contribution in [1.82, 2.24) is 14.8 Å². The summed E-state index contributed by atoms with van der Waals surface area (Å²) < 4.78 is 22.0. The van der Waals surface area contributed by atoms with Crippen LogP contribution >= 0.6 is 22.9 Å². The number of ether oxygens (including phenoxy) is 1. The first-order valence-corrected chi connectivity index (χ1v) is 12.3. The van der Waals surface area contributed by atoms with Crippen molar-refractivity contribution < 1.29 is 23.5 Å². The smallest absolute Gasteiger partial charge is 0.261 e. The summed E-state index contributed by atoms with van der Waals surface area (Å²) in [5, 5.41) is 5.37. The highest BCUT2D eigenvalue weighted by Crippen LogP contribution is 2.23. The van der Waals surface area contributed by atoms with E-state index >= 15 is 0 Å². The lowest BCUT2D eigenvalue weighted by molar-refractivity contribution is -0.124. The van der Waals surface area contributed by atoms with Gasteiger partial charge in [-0.1, -0.05) is 17.7 Å². The monoisotopic (exact) mass is 547 g/mol. The minimum absolute atomic E-state index is 0.0436. The second-order valence-electron chi connectivity index (χ2n) is 8.31. The quantitative estimate of drug-likeness (QED) is 0.372. The van der Waals surface area contributed by atoms with Gasteiger partial charge in [-0.2, -0.15) is 0 Å². The van der Waals surface area contributed by atoms with Crippen LogP contribution in [0.15, 0.2) is 59.5 Å². The third-order valence-corrected chi connectivity index (χ3v) is 6.82. The van der Waals surface area contributed by atoms with Crippen LogP contribution in [0.2, 0.25) is 4.34 Å². The van der Waals surface area contributed by atoms with E-state index in [1.54, 1.807) is 29.2 Å². The van der Waals surface area contributed by atoms with Crippen LogP contribution in [0.4, 0.5) is 10.1 Å². The van der Waals surface area contributed by atoms with E-state index in [1.165, 1.54) is 29.0 Å². The molecule has 1 aliphatic rings. The van der Waals surface area contributed by atoms with Gasteiger partial charge >= 0.3 is 0 Å². The molecule has 3 amide bonds. The van der Waals surface area contributed by atoms with Gasteiger partial charge in [-0.05, 0) is 30.3 Å². The second-order valence-corrected chi connectivity index (χ2v) is 10.0. The Morgan fingerprint density at radius 2 is 1.97 bits per heavy atom. The highest BCUT2D eigenvalue weighted by molar-refractivity contribution is 7.18. The standard InChI is InChI=1S/C24H23ClFN5O5S/c25-20-7-6-19(37-20)24(35)29-17-10-30(11-18(17)36-13-21(27)32)12-22(33)28-16-5-4-14(9-15(16)26)31-8-2-1-3-23(31)34/h1-9,17-18H,10-13H2,(H2,27,32)(H,28,33)(H,29,35)/t17-,18-/m0/s1. The zero-order valence-electron chi connectivity index (χ0n) is 19.4. The van der Waals surface area contributed by atoms with Crippen LogP contribution in [-0.4, -0.2) is 65.6 Å². The highest BCUT2D eigenvalue weighted by atomic mass is 35.5. The van der Waals surface area contributed by atoms with Crippen LogP contribution in [-0.2, 0) is 14.3 Å². The van der Waals surface area contributed by atoms with Gasteiger partial charge in [-0.15, -0.1) is 11.3 Å². The van der Waals surface area contributed by atoms with Crippen molar-refractivity contribution in [1.29, 1.82) is 0 Å². The molecular formula is C24H23ClFN5O5S. The number of nitrogens with zero attached hydrogens (tertiary/aromatic N) is 2. The largest absolute Gasteiger partial charge is 0.368 e. The lowest BCUT2D eigenvalue weighted by Crippen LogP contribution is -2.44. The lowest BCUT2D eigenvalue weighted by Gasteiger charge is -2.19. The van der Waals surface area contributed by atoms with Crippen molar-refractivity contribution in [3.05, 3.63) is 80.1 Å². The van der Waals surface area contributed by atoms with Gasteiger partial charge in [0.25, 0.3) is 11.5 Å². The zero-order valence-corrected chi connectivity index (χ0v) is 20.9. The van der Waals surface area contributed by atoms with E-state index in [0.717, 1.165) is 17.4 Å². The number of benzene rings is 1. The Labute approximate surface area is 219 Å². The molecule has 4 N–H and O–H groups in total. The van der Waals surface area contributed by atoms with E-state index < -0.39 is 29.8 Å². The molecule has 3 heterocycles. The Kier molecular flexibility index (Phi) is 8.34. The fraction of sp³-hybridized carbons (Fsp3) is 0.250. The number of halogens is 2. The highest BCUT2D eigenvalue weighted by Gasteiger charge is 2.36. The average molecular weight is 548 g/mol. The van der Waals surface area contributed by atoms with Gasteiger partial charge in [-0.25, -0.2) is 4.39 Å². The summed E-state index contributed by atoms with van der Waals surface area (Å²) in [6.07, 6.45) is 0.918. The van der Waals surface area contributed by atoms with Crippen molar-refractivity contribution in [2.24, 2.45) is 5.73 Å². The van der Waals surface area contributed by atoms with Gasteiger partial charge in [0.05, 0.1) is 39.3 Å². The number of rotatable bonds is 9. The maximum atomic E-state index is 14.7. The predicted octanol–water partition coefficient (Wildman–Crippen LogP) is 1.61. The summed E-state index contributed by atoms with van der Waals surface area (Å²) in [6.45, 7) is 0.0200. The van der Waals surface area contributed by atoms with Gasteiger partial charge in [0.1, 0.15) is 12.4 Å². The molecule has 0 unspecified atom stereocenters. The molecule has 4 rings (SSSR count). The summed E-state index contributed by atoms with van der Waals surface area (Å²) in [7, 11) is 0. The Balaban J connectivity index is 1.39. The van der Waals surface area contributed by atoms with Gasteiger partial charge in [0.2, 0.25) is 11.8 Å². The number of carbonyl (C=O) groups excluding carboxylic acids is 3. The predicted molar refractivity (Wildman–Crippen MR) is 137 cm³/mol. The summed E-state index contributed by atoms with van der Waals surface area (Å²) in [5.74, 6) is -2.22. The number of hydrogen-bond acceptors (Lipinski definition) is 7. The van der Waals surface area contributed by atoms with Crippen molar-refractivity contribution in [3.8, 4) is 5.69 Å². The van der Waals surface area contributed by atoms with Gasteiger partial charge < -0.3 is 21.1 Å². The number of aromatic nitrogens is 1. The molecular weight excluding hydrogens is 525 g/mol. The molecule has 1 aliphatic heterocycles. The van der Waals surface area contributed by atoms with Crippen LogP contribution < -0.4 is 21.9 Å². The number of carbonyl (C=O) groups is 3. The van der Waals surface area contributed by atoms with E-state index in [4.69, 9.17) is 22.1 Å². The Morgan fingerprint density at radius 1 is 1.16 bits per heavy atom. The summed E-state index contributed by atoms with van der Waals surface area (Å²) in [6, 6.07) is 11.3. The molecule has 1 saturated heterocycles. The first-order chi connectivity index (χ1) is 17.7. The molecule has 0 aliphatic carbocycles. The molecule has 1 aromatic carbocycles. The SMILES string of the molecule is NC(=O)CO[C@H]1CN(CC(=O)Nc2ccc(-n3ccccc3=O)cc2F)C[C@@H]1NC(=O)c1ccc(Cl)s1. The number of amides is 3. The third kappa shape index (κ3) is 6.80. The number of thiophene rings is 1. The van der Waals surface area contributed by atoms with E-state index in [9.17, 15) is 23.6 Å². The van der Waals surface area contributed by atoms with E-state index in [0.29, 0.717) is 14.9 Å². The number of primary amides is 1. The van der Waals surface area contributed by atoms with Crippen molar-refractivity contribution in [2.75, 3.05) is 31.6 Å². The van der Waals surface area contributed by atoms with Gasteiger partial charge in [-0.3, -0.25) is 28.6 Å². The Bertz CT molecular complexity index is 1380. The maximum absolute atomic E-state index is 14.7. The van der Waals surface area contributed by atoms with Gasteiger partial charge in [0, 0.05) is 31.4 Å². The van der Waals surface area contributed by atoms with Crippen LogP contribution in [0.1, 0.15) is 9.67 Å². The van der Waals surface area contributed by atoms with Gasteiger partial charge in [0.15, 0.2) is 0 Å². The number of anilines is 1. The lowest BCUT2D eigenvalue weighted by atomic mass is 10.2. The van der Waals surface area contributed by atoms with E-state index in [1.807, 2.05) is 0 Å². The van der Waals surface area contributed by atoms with Crippen molar-refractivity contribution in [2.45, 2.75) is 12.1 Å². The molecule has 0 bridgehead atoms. The molecule has 37 heavy (non-hydrogen) atoms. The molecule has 2 aromatic heterocycles. The molecule has 13 heteroatoms. The van der Waals surface area contributed by atoms with Crippen molar-refractivity contribution in [3.63, 3.8) is 0 Å². The average Bonchev–Trinajstić information content (AvgIpc) is 3.45. The molecule has 1 fully saturated rings. The number of pyridine rings is 1. The first kappa shape index (κ1) is 26.5. The zero-order chi connectivity index (χ0) is 26.5. The second kappa shape index (κ2) is 11.6. The van der Waals surface area contributed by atoms with Crippen molar-refractivity contribution >= 4 is 46.3 Å². The fourth-order valence-electron chi connectivity index (χ4n) is 3.94. The number of likely N-dealkylation sites (tertiary alicyclic amines) is 1. The summed E-state index contributed by atoms with van der Waals surface area (Å²) in [5.41, 5.74) is 5.15. The topological polar surface area (TPSA) is 136 Å². The van der Waals surface area contributed by atoms with Crippen LogP contribution in [0.5, 0.6) is 0 Å². The number of nitrogens with one attached hydrogen (secondary N) is 2. The number of hydrogen-bond donors (Lipinski definition) is 3. The van der Waals surface area contributed by atoms with E-state index in [-0.39, 0.29) is 43.4 Å². The molecule has 2 atom stereocenters. The normalized spacial score (nSPS) is 17.5. The minimum Gasteiger partial charge on any atom is -0.368 e. The Morgan fingerprint density at radius 3 is 2.65 bits per heavy atom.